The van der Waals surface area contributed by atoms with Crippen molar-refractivity contribution in [3.05, 3.63) is 58.7 Å². The molecule has 0 atom stereocenters. The van der Waals surface area contributed by atoms with Crippen LogP contribution >= 0.6 is 0 Å². The summed E-state index contributed by atoms with van der Waals surface area (Å²) in [4.78, 5) is 12.2. The molecule has 2 aromatic rings. The highest BCUT2D eigenvalue weighted by molar-refractivity contribution is 7.92. The first-order valence-electron chi connectivity index (χ1n) is 8.23. The van der Waals surface area contributed by atoms with Crippen molar-refractivity contribution in [1.29, 1.82) is 0 Å². The normalized spacial score (nSPS) is 11.2. The van der Waals surface area contributed by atoms with Gasteiger partial charge in [-0.1, -0.05) is 30.7 Å². The summed E-state index contributed by atoms with van der Waals surface area (Å²) in [5, 5.41) is 2.76. The number of hydrogen-bond acceptors (Lipinski definition) is 3. The Morgan fingerprint density at radius 1 is 1.00 bits per heavy atom. The molecule has 134 valence electrons. The Labute approximate surface area is 149 Å². The average molecular weight is 360 g/mol. The average Bonchev–Trinajstić information content (AvgIpc) is 2.55. The molecular formula is C19H24N2O3S. The topological polar surface area (TPSA) is 75.3 Å². The van der Waals surface area contributed by atoms with Crippen LogP contribution in [0.5, 0.6) is 0 Å². The van der Waals surface area contributed by atoms with Crippen LogP contribution in [0.15, 0.2) is 41.3 Å². The maximum atomic E-state index is 12.8. The summed E-state index contributed by atoms with van der Waals surface area (Å²) in [7, 11) is -3.79. The number of hydrogen-bond donors (Lipinski definition) is 2. The van der Waals surface area contributed by atoms with Crippen molar-refractivity contribution in [2.75, 3.05) is 11.3 Å². The molecule has 2 N–H and O–H groups in total. The first kappa shape index (κ1) is 19.0. The fraction of sp³-hybridized carbons (Fsp3) is 0.316. The van der Waals surface area contributed by atoms with E-state index in [9.17, 15) is 13.2 Å². The fourth-order valence-corrected chi connectivity index (χ4v) is 3.90. The molecule has 0 spiro atoms. The molecule has 0 saturated carbocycles. The standard InChI is InChI=1S/C19H24N2O3S/c1-5-10-20-19(22)16-8-7-14(3)18(12-16)25(23,24)21-17-9-6-13(2)11-15(17)4/h6-9,11-12,21H,5,10H2,1-4H3,(H,20,22). The zero-order valence-electron chi connectivity index (χ0n) is 15.0. The molecule has 25 heavy (non-hydrogen) atoms. The van der Waals surface area contributed by atoms with Crippen molar-refractivity contribution in [2.45, 2.75) is 39.0 Å². The molecule has 0 aliphatic rings. The Morgan fingerprint density at radius 2 is 1.72 bits per heavy atom. The lowest BCUT2D eigenvalue weighted by atomic mass is 10.1. The highest BCUT2D eigenvalue weighted by Gasteiger charge is 2.20. The number of anilines is 1. The molecule has 1 amide bonds. The third kappa shape index (κ3) is 4.60. The molecule has 5 nitrogen and oxygen atoms in total. The quantitative estimate of drug-likeness (QED) is 0.827. The largest absolute Gasteiger partial charge is 0.352 e. The lowest BCUT2D eigenvalue weighted by Crippen LogP contribution is -2.24. The summed E-state index contributed by atoms with van der Waals surface area (Å²) < 4.78 is 28.2. The molecule has 6 heteroatoms. The van der Waals surface area contributed by atoms with E-state index in [4.69, 9.17) is 0 Å². The summed E-state index contributed by atoms with van der Waals surface area (Å²) in [6.07, 6.45) is 0.816. The van der Waals surface area contributed by atoms with Gasteiger partial charge in [0.05, 0.1) is 10.6 Å². The molecule has 0 aromatic heterocycles. The molecule has 0 heterocycles. The van der Waals surface area contributed by atoms with Gasteiger partial charge < -0.3 is 5.32 Å². The van der Waals surface area contributed by atoms with E-state index >= 15 is 0 Å². The molecule has 2 rings (SSSR count). The van der Waals surface area contributed by atoms with E-state index in [2.05, 4.69) is 10.0 Å². The number of benzene rings is 2. The number of rotatable bonds is 6. The third-order valence-corrected chi connectivity index (χ3v) is 5.41. The van der Waals surface area contributed by atoms with Gasteiger partial charge in [0.15, 0.2) is 0 Å². The van der Waals surface area contributed by atoms with Crippen LogP contribution in [0.25, 0.3) is 0 Å². The molecule has 0 fully saturated rings. The molecular weight excluding hydrogens is 336 g/mol. The second-order valence-electron chi connectivity index (χ2n) is 6.16. The van der Waals surface area contributed by atoms with Crippen LogP contribution in [0, 0.1) is 20.8 Å². The van der Waals surface area contributed by atoms with E-state index in [-0.39, 0.29) is 10.8 Å². The van der Waals surface area contributed by atoms with Crippen molar-refractivity contribution in [1.82, 2.24) is 5.32 Å². The SMILES string of the molecule is CCCNC(=O)c1ccc(C)c(S(=O)(=O)Nc2ccc(C)cc2C)c1. The van der Waals surface area contributed by atoms with E-state index in [1.54, 1.807) is 25.1 Å². The number of sulfonamides is 1. The lowest BCUT2D eigenvalue weighted by Gasteiger charge is -2.14. The van der Waals surface area contributed by atoms with Crippen molar-refractivity contribution >= 4 is 21.6 Å². The van der Waals surface area contributed by atoms with Crippen molar-refractivity contribution in [3.63, 3.8) is 0 Å². The smallest absolute Gasteiger partial charge is 0.262 e. The maximum absolute atomic E-state index is 12.8. The van der Waals surface area contributed by atoms with E-state index in [1.165, 1.54) is 6.07 Å². The highest BCUT2D eigenvalue weighted by Crippen LogP contribution is 2.23. The van der Waals surface area contributed by atoms with Gasteiger partial charge in [-0.25, -0.2) is 8.42 Å². The van der Waals surface area contributed by atoms with Gasteiger partial charge in [0.1, 0.15) is 0 Å². The molecule has 0 aliphatic carbocycles. The number of aryl methyl sites for hydroxylation is 3. The van der Waals surface area contributed by atoms with E-state index in [1.807, 2.05) is 32.9 Å². The number of amides is 1. The van der Waals surface area contributed by atoms with Crippen LogP contribution in [0.4, 0.5) is 5.69 Å². The van der Waals surface area contributed by atoms with Crippen LogP contribution in [0.2, 0.25) is 0 Å². The Kier molecular flexibility index (Phi) is 5.85. The Bertz CT molecular complexity index is 890. The molecule has 0 saturated heterocycles. The molecule has 2 aromatic carbocycles. The molecule has 0 bridgehead atoms. The van der Waals surface area contributed by atoms with Crippen LogP contribution in [0.1, 0.15) is 40.4 Å². The zero-order chi connectivity index (χ0) is 18.6. The summed E-state index contributed by atoms with van der Waals surface area (Å²) in [5.74, 6) is -0.273. The van der Waals surface area contributed by atoms with Crippen LogP contribution in [-0.4, -0.2) is 20.9 Å². The second-order valence-corrected chi connectivity index (χ2v) is 7.81. The first-order chi connectivity index (χ1) is 11.7. The summed E-state index contributed by atoms with van der Waals surface area (Å²) in [6.45, 7) is 8.03. The van der Waals surface area contributed by atoms with Crippen molar-refractivity contribution in [2.24, 2.45) is 0 Å². The van der Waals surface area contributed by atoms with Gasteiger partial charge >= 0.3 is 0 Å². The van der Waals surface area contributed by atoms with Gasteiger partial charge in [0.25, 0.3) is 15.9 Å². The van der Waals surface area contributed by atoms with Gasteiger partial charge in [-0.2, -0.15) is 0 Å². The lowest BCUT2D eigenvalue weighted by molar-refractivity contribution is 0.0953. The summed E-state index contributed by atoms with van der Waals surface area (Å²) >= 11 is 0. The minimum atomic E-state index is -3.79. The van der Waals surface area contributed by atoms with Gasteiger partial charge in [0.2, 0.25) is 0 Å². The molecule has 0 unspecified atom stereocenters. The second kappa shape index (κ2) is 7.70. The van der Waals surface area contributed by atoms with Crippen LogP contribution < -0.4 is 10.0 Å². The van der Waals surface area contributed by atoms with Crippen molar-refractivity contribution < 1.29 is 13.2 Å². The van der Waals surface area contributed by atoms with Crippen LogP contribution in [0.3, 0.4) is 0 Å². The Hall–Kier alpha value is -2.34. The van der Waals surface area contributed by atoms with Crippen molar-refractivity contribution in [3.8, 4) is 0 Å². The molecule has 0 radical (unpaired) electrons. The summed E-state index contributed by atoms with van der Waals surface area (Å²) in [6, 6.07) is 10.2. The number of carbonyl (C=O) groups is 1. The maximum Gasteiger partial charge on any atom is 0.262 e. The van der Waals surface area contributed by atoms with Gasteiger partial charge in [-0.05, 0) is 56.5 Å². The zero-order valence-corrected chi connectivity index (χ0v) is 15.8. The van der Waals surface area contributed by atoms with E-state index < -0.39 is 10.0 Å². The van der Waals surface area contributed by atoms with Gasteiger partial charge in [0, 0.05) is 12.1 Å². The minimum Gasteiger partial charge on any atom is -0.352 e. The first-order valence-corrected chi connectivity index (χ1v) is 9.72. The van der Waals surface area contributed by atoms with Crippen LogP contribution in [-0.2, 0) is 10.0 Å². The van der Waals surface area contributed by atoms with Gasteiger partial charge in [-0.15, -0.1) is 0 Å². The minimum absolute atomic E-state index is 0.108. The molecule has 0 aliphatic heterocycles. The highest BCUT2D eigenvalue weighted by atomic mass is 32.2. The number of carbonyl (C=O) groups excluding carboxylic acids is 1. The van der Waals surface area contributed by atoms with E-state index in [0.717, 1.165) is 17.5 Å². The third-order valence-electron chi connectivity index (χ3n) is 3.90. The Balaban J connectivity index is 2.36. The van der Waals surface area contributed by atoms with Gasteiger partial charge in [-0.3, -0.25) is 9.52 Å². The predicted octanol–water partition coefficient (Wildman–Crippen LogP) is 3.55. The van der Waals surface area contributed by atoms with E-state index in [0.29, 0.717) is 23.4 Å². The Morgan fingerprint density at radius 3 is 2.36 bits per heavy atom. The predicted molar refractivity (Wildman–Crippen MR) is 101 cm³/mol. The fourth-order valence-electron chi connectivity index (χ4n) is 2.50. The monoisotopic (exact) mass is 360 g/mol. The summed E-state index contributed by atoms with van der Waals surface area (Å²) in [5.41, 5.74) is 3.36. The number of nitrogens with one attached hydrogen (secondary N) is 2.